The summed E-state index contributed by atoms with van der Waals surface area (Å²) in [5.74, 6) is -0.227. The number of amides is 1. The second kappa shape index (κ2) is 6.02. The van der Waals surface area contributed by atoms with Crippen LogP contribution < -0.4 is 16.0 Å². The van der Waals surface area contributed by atoms with Crippen molar-refractivity contribution in [2.24, 2.45) is 11.1 Å². The Morgan fingerprint density at radius 3 is 2.90 bits per heavy atom. The fourth-order valence-electron chi connectivity index (χ4n) is 2.61. The smallest absolute Gasteiger partial charge is 0.225 e. The maximum atomic E-state index is 11.6. The third-order valence-corrected chi connectivity index (χ3v) is 4.26. The number of hydrogen-bond donors (Lipinski definition) is 2. The first-order chi connectivity index (χ1) is 9.46. The van der Waals surface area contributed by atoms with Crippen molar-refractivity contribution in [3.63, 3.8) is 0 Å². The van der Waals surface area contributed by atoms with Crippen LogP contribution in [0, 0.1) is 5.41 Å². The zero-order valence-electron chi connectivity index (χ0n) is 12.1. The van der Waals surface area contributed by atoms with E-state index < -0.39 is 5.41 Å². The zero-order valence-corrected chi connectivity index (χ0v) is 12.8. The Hall–Kier alpha value is -1.26. The quantitative estimate of drug-likeness (QED) is 0.875. The fourth-order valence-corrected chi connectivity index (χ4v) is 2.77. The van der Waals surface area contributed by atoms with Gasteiger partial charge in [-0.15, -0.1) is 0 Å². The highest BCUT2D eigenvalue weighted by Crippen LogP contribution is 2.35. The standard InChI is InChI=1S/C15H22ClN3O/c1-3-18-9-11-4-5-12(16)8-13(11)19-7-6-15(2,10-19)14(17)20/h4-5,8,18H,3,6-7,9-10H2,1-2H3,(H2,17,20). The van der Waals surface area contributed by atoms with Crippen LogP contribution in [-0.4, -0.2) is 25.5 Å². The highest BCUT2D eigenvalue weighted by Gasteiger charge is 2.39. The molecule has 3 N–H and O–H groups in total. The van der Waals surface area contributed by atoms with Crippen LogP contribution in [0.2, 0.25) is 5.02 Å². The van der Waals surface area contributed by atoms with Crippen LogP contribution in [0.3, 0.4) is 0 Å². The average Bonchev–Trinajstić information content (AvgIpc) is 2.81. The summed E-state index contributed by atoms with van der Waals surface area (Å²) in [5, 5.41) is 4.05. The van der Waals surface area contributed by atoms with Crippen LogP contribution in [0.15, 0.2) is 18.2 Å². The molecule has 1 aliphatic rings. The number of nitrogens with two attached hydrogens (primary N) is 1. The molecule has 1 saturated heterocycles. The van der Waals surface area contributed by atoms with E-state index in [0.29, 0.717) is 11.6 Å². The molecule has 2 rings (SSSR count). The van der Waals surface area contributed by atoms with Gasteiger partial charge in [0.1, 0.15) is 0 Å². The fraction of sp³-hybridized carbons (Fsp3) is 0.533. The molecule has 1 atom stereocenters. The molecule has 1 aromatic rings. The Kier molecular flexibility index (Phi) is 4.55. The van der Waals surface area contributed by atoms with E-state index in [2.05, 4.69) is 17.1 Å². The molecular formula is C15H22ClN3O. The van der Waals surface area contributed by atoms with E-state index in [9.17, 15) is 4.79 Å². The Balaban J connectivity index is 2.24. The third-order valence-electron chi connectivity index (χ3n) is 4.02. The van der Waals surface area contributed by atoms with Crippen molar-refractivity contribution in [1.82, 2.24) is 5.32 Å². The van der Waals surface area contributed by atoms with E-state index in [0.717, 1.165) is 31.7 Å². The van der Waals surface area contributed by atoms with Crippen LogP contribution in [0.4, 0.5) is 5.69 Å². The Bertz CT molecular complexity index is 506. The minimum Gasteiger partial charge on any atom is -0.370 e. The number of carbonyl (C=O) groups excluding carboxylic acids is 1. The summed E-state index contributed by atoms with van der Waals surface area (Å²) >= 11 is 6.12. The highest BCUT2D eigenvalue weighted by atomic mass is 35.5. The molecule has 5 heteroatoms. The van der Waals surface area contributed by atoms with Gasteiger partial charge in [-0.2, -0.15) is 0 Å². The summed E-state index contributed by atoms with van der Waals surface area (Å²) in [7, 11) is 0. The van der Waals surface area contributed by atoms with E-state index in [4.69, 9.17) is 17.3 Å². The highest BCUT2D eigenvalue weighted by molar-refractivity contribution is 6.30. The largest absolute Gasteiger partial charge is 0.370 e. The van der Waals surface area contributed by atoms with Gasteiger partial charge in [-0.3, -0.25) is 4.79 Å². The summed E-state index contributed by atoms with van der Waals surface area (Å²) in [4.78, 5) is 13.8. The molecule has 4 nitrogen and oxygen atoms in total. The first-order valence-electron chi connectivity index (χ1n) is 7.00. The molecule has 0 aromatic heterocycles. The van der Waals surface area contributed by atoms with Crippen LogP contribution in [-0.2, 0) is 11.3 Å². The number of rotatable bonds is 5. The normalized spacial score (nSPS) is 22.2. The van der Waals surface area contributed by atoms with Crippen LogP contribution in [0.25, 0.3) is 0 Å². The zero-order chi connectivity index (χ0) is 14.8. The molecule has 1 unspecified atom stereocenters. The third kappa shape index (κ3) is 3.07. The lowest BCUT2D eigenvalue weighted by Gasteiger charge is -2.25. The van der Waals surface area contributed by atoms with E-state index in [1.807, 2.05) is 25.1 Å². The molecule has 20 heavy (non-hydrogen) atoms. The molecule has 1 fully saturated rings. The molecule has 110 valence electrons. The number of carbonyl (C=O) groups is 1. The molecule has 0 saturated carbocycles. The van der Waals surface area contributed by atoms with Crippen molar-refractivity contribution in [2.75, 3.05) is 24.5 Å². The van der Waals surface area contributed by atoms with E-state index >= 15 is 0 Å². The first-order valence-corrected chi connectivity index (χ1v) is 7.38. The van der Waals surface area contributed by atoms with Gasteiger partial charge in [-0.25, -0.2) is 0 Å². The lowest BCUT2D eigenvalue weighted by atomic mass is 9.89. The van der Waals surface area contributed by atoms with Crippen molar-refractivity contribution in [1.29, 1.82) is 0 Å². The molecule has 1 aromatic carbocycles. The van der Waals surface area contributed by atoms with Crippen LogP contribution in [0.5, 0.6) is 0 Å². The molecule has 1 heterocycles. The predicted octanol–water partition coefficient (Wildman–Crippen LogP) is 2.15. The molecule has 1 aliphatic heterocycles. The van der Waals surface area contributed by atoms with Gasteiger partial charge in [-0.05, 0) is 37.6 Å². The number of primary amides is 1. The van der Waals surface area contributed by atoms with Gasteiger partial charge in [0.05, 0.1) is 5.41 Å². The molecule has 0 bridgehead atoms. The Morgan fingerprint density at radius 2 is 2.30 bits per heavy atom. The second-order valence-electron chi connectivity index (χ2n) is 5.65. The van der Waals surface area contributed by atoms with Gasteiger partial charge in [0.15, 0.2) is 0 Å². The minimum atomic E-state index is -0.447. The number of anilines is 1. The van der Waals surface area contributed by atoms with E-state index in [1.54, 1.807) is 0 Å². The molecule has 0 spiro atoms. The number of hydrogen-bond acceptors (Lipinski definition) is 3. The Morgan fingerprint density at radius 1 is 1.55 bits per heavy atom. The summed E-state index contributed by atoms with van der Waals surface area (Å²) in [6.07, 6.45) is 0.787. The van der Waals surface area contributed by atoms with E-state index in [1.165, 1.54) is 5.56 Å². The molecular weight excluding hydrogens is 274 g/mol. The number of nitrogens with one attached hydrogen (secondary N) is 1. The van der Waals surface area contributed by atoms with Crippen molar-refractivity contribution in [3.05, 3.63) is 28.8 Å². The average molecular weight is 296 g/mol. The maximum absolute atomic E-state index is 11.6. The molecule has 0 radical (unpaired) electrons. The maximum Gasteiger partial charge on any atom is 0.225 e. The SMILES string of the molecule is CCNCc1ccc(Cl)cc1N1CCC(C)(C(N)=O)C1. The Labute approximate surface area is 125 Å². The van der Waals surface area contributed by atoms with Crippen LogP contribution in [0.1, 0.15) is 25.8 Å². The lowest BCUT2D eigenvalue weighted by Crippen LogP contribution is -2.37. The van der Waals surface area contributed by atoms with Crippen LogP contribution >= 0.6 is 11.6 Å². The van der Waals surface area contributed by atoms with Gasteiger partial charge in [0, 0.05) is 30.3 Å². The monoisotopic (exact) mass is 295 g/mol. The summed E-state index contributed by atoms with van der Waals surface area (Å²) < 4.78 is 0. The second-order valence-corrected chi connectivity index (χ2v) is 6.09. The number of nitrogens with zero attached hydrogens (tertiary/aromatic N) is 1. The first kappa shape index (κ1) is 15.1. The van der Waals surface area contributed by atoms with E-state index in [-0.39, 0.29) is 5.91 Å². The predicted molar refractivity (Wildman–Crippen MR) is 83.0 cm³/mol. The van der Waals surface area contributed by atoms with Crippen molar-refractivity contribution < 1.29 is 4.79 Å². The van der Waals surface area contributed by atoms with Gasteiger partial charge >= 0.3 is 0 Å². The van der Waals surface area contributed by atoms with Crippen molar-refractivity contribution >= 4 is 23.2 Å². The minimum absolute atomic E-state index is 0.227. The van der Waals surface area contributed by atoms with Gasteiger partial charge < -0.3 is 16.0 Å². The topological polar surface area (TPSA) is 58.4 Å². The van der Waals surface area contributed by atoms with Gasteiger partial charge in [0.2, 0.25) is 5.91 Å². The molecule has 1 amide bonds. The lowest BCUT2D eigenvalue weighted by molar-refractivity contribution is -0.125. The number of halogens is 1. The summed E-state index contributed by atoms with van der Waals surface area (Å²) in [6.45, 7) is 7.22. The summed E-state index contributed by atoms with van der Waals surface area (Å²) in [5.41, 5.74) is 7.37. The number of benzene rings is 1. The van der Waals surface area contributed by atoms with Crippen molar-refractivity contribution in [2.45, 2.75) is 26.8 Å². The van der Waals surface area contributed by atoms with Crippen molar-refractivity contribution in [3.8, 4) is 0 Å². The van der Waals surface area contributed by atoms with Gasteiger partial charge in [0.25, 0.3) is 0 Å². The molecule has 0 aliphatic carbocycles. The summed E-state index contributed by atoms with van der Waals surface area (Å²) in [6, 6.07) is 5.92. The van der Waals surface area contributed by atoms with Gasteiger partial charge in [-0.1, -0.05) is 24.6 Å².